The molecule has 2 fully saturated rings. The molecule has 2 heterocycles. The molecular formula is C14H20N4S. The first-order valence-corrected chi connectivity index (χ1v) is 8.01. The molecule has 3 rings (SSSR count). The second-order valence-electron chi connectivity index (χ2n) is 5.38. The van der Waals surface area contributed by atoms with Crippen LogP contribution < -0.4 is 5.32 Å². The predicted octanol–water partition coefficient (Wildman–Crippen LogP) is 2.54. The van der Waals surface area contributed by atoms with E-state index in [1.165, 1.54) is 31.4 Å². The summed E-state index contributed by atoms with van der Waals surface area (Å²) in [5.74, 6) is 2.06. The fourth-order valence-electron chi connectivity index (χ4n) is 2.73. The van der Waals surface area contributed by atoms with Crippen LogP contribution in [-0.4, -0.2) is 26.9 Å². The standard InChI is InChI=1S/C14H20N4S/c1-10-6-16-12(7-15-10)8-17-14-18-13-5-3-2-4-11(13)9-19-14/h6-7,11,13H,2-5,8-9H2,1H3,(H,17,18). The Hall–Kier alpha value is -1.10. The van der Waals surface area contributed by atoms with Crippen LogP contribution in [0.2, 0.25) is 0 Å². The zero-order valence-electron chi connectivity index (χ0n) is 11.3. The molecule has 1 aliphatic carbocycles. The van der Waals surface area contributed by atoms with Gasteiger partial charge in [-0.15, -0.1) is 0 Å². The summed E-state index contributed by atoms with van der Waals surface area (Å²) in [4.78, 5) is 13.2. The SMILES string of the molecule is Cc1cnc(CN=C2NC3CCCCC3CS2)cn1. The molecule has 102 valence electrons. The van der Waals surface area contributed by atoms with Crippen LogP contribution in [0.5, 0.6) is 0 Å². The molecule has 4 nitrogen and oxygen atoms in total. The fourth-order valence-corrected chi connectivity index (χ4v) is 3.89. The fraction of sp³-hybridized carbons (Fsp3) is 0.643. The lowest BCUT2D eigenvalue weighted by atomic mass is 9.86. The molecule has 2 aliphatic rings. The Morgan fingerprint density at radius 1 is 1.32 bits per heavy atom. The maximum Gasteiger partial charge on any atom is 0.157 e. The molecule has 0 spiro atoms. The zero-order valence-corrected chi connectivity index (χ0v) is 12.1. The van der Waals surface area contributed by atoms with Crippen molar-refractivity contribution in [2.45, 2.75) is 45.2 Å². The molecule has 19 heavy (non-hydrogen) atoms. The van der Waals surface area contributed by atoms with Gasteiger partial charge in [0.2, 0.25) is 0 Å². The lowest BCUT2D eigenvalue weighted by Crippen LogP contribution is -2.46. The average Bonchev–Trinajstić information content (AvgIpc) is 2.46. The van der Waals surface area contributed by atoms with Gasteiger partial charge in [0.25, 0.3) is 0 Å². The lowest BCUT2D eigenvalue weighted by molar-refractivity contribution is 0.311. The van der Waals surface area contributed by atoms with Gasteiger partial charge in [0.1, 0.15) is 0 Å². The van der Waals surface area contributed by atoms with Crippen LogP contribution in [0.25, 0.3) is 0 Å². The quantitative estimate of drug-likeness (QED) is 0.902. The Balaban J connectivity index is 1.60. The van der Waals surface area contributed by atoms with E-state index >= 15 is 0 Å². The van der Waals surface area contributed by atoms with Crippen molar-refractivity contribution in [3.8, 4) is 0 Å². The minimum atomic E-state index is 0.625. The highest BCUT2D eigenvalue weighted by atomic mass is 32.2. The number of aliphatic imine (C=N–C) groups is 1. The molecule has 0 radical (unpaired) electrons. The maximum atomic E-state index is 4.64. The number of amidine groups is 1. The smallest absolute Gasteiger partial charge is 0.157 e. The second-order valence-corrected chi connectivity index (χ2v) is 6.39. The minimum Gasteiger partial charge on any atom is -0.362 e. The largest absolute Gasteiger partial charge is 0.362 e. The molecule has 0 amide bonds. The number of hydrogen-bond acceptors (Lipinski definition) is 4. The number of rotatable bonds is 2. The van der Waals surface area contributed by atoms with Gasteiger partial charge < -0.3 is 5.32 Å². The molecule has 1 saturated heterocycles. The monoisotopic (exact) mass is 276 g/mol. The summed E-state index contributed by atoms with van der Waals surface area (Å²) in [6, 6.07) is 0.651. The summed E-state index contributed by atoms with van der Waals surface area (Å²) < 4.78 is 0. The molecule has 1 aliphatic heterocycles. The van der Waals surface area contributed by atoms with Gasteiger partial charge in [-0.2, -0.15) is 0 Å². The highest BCUT2D eigenvalue weighted by molar-refractivity contribution is 8.13. The van der Waals surface area contributed by atoms with E-state index in [4.69, 9.17) is 0 Å². The molecule has 5 heteroatoms. The molecular weight excluding hydrogens is 256 g/mol. The van der Waals surface area contributed by atoms with Crippen molar-refractivity contribution >= 4 is 16.9 Å². The van der Waals surface area contributed by atoms with E-state index in [-0.39, 0.29) is 0 Å². The minimum absolute atomic E-state index is 0.625. The number of nitrogens with one attached hydrogen (secondary N) is 1. The summed E-state index contributed by atoms with van der Waals surface area (Å²) in [5.41, 5.74) is 1.89. The van der Waals surface area contributed by atoms with Gasteiger partial charge in [-0.25, -0.2) is 0 Å². The second kappa shape index (κ2) is 5.90. The van der Waals surface area contributed by atoms with Crippen LogP contribution in [0.15, 0.2) is 17.4 Å². The lowest BCUT2D eigenvalue weighted by Gasteiger charge is -2.36. The van der Waals surface area contributed by atoms with E-state index in [1.807, 2.05) is 24.9 Å². The Labute approximate surface area is 118 Å². The van der Waals surface area contributed by atoms with Crippen molar-refractivity contribution in [1.82, 2.24) is 15.3 Å². The first-order valence-electron chi connectivity index (χ1n) is 7.02. The highest BCUT2D eigenvalue weighted by Gasteiger charge is 2.30. The van der Waals surface area contributed by atoms with Crippen molar-refractivity contribution < 1.29 is 0 Å². The molecule has 0 bridgehead atoms. The third-order valence-corrected chi connectivity index (χ3v) is 4.99. The Morgan fingerprint density at radius 2 is 2.21 bits per heavy atom. The van der Waals surface area contributed by atoms with Crippen LogP contribution in [0, 0.1) is 12.8 Å². The summed E-state index contributed by atoms with van der Waals surface area (Å²) >= 11 is 1.86. The maximum absolute atomic E-state index is 4.64. The number of fused-ring (bicyclic) bond motifs is 1. The van der Waals surface area contributed by atoms with E-state index in [9.17, 15) is 0 Å². The number of hydrogen-bond donors (Lipinski definition) is 1. The number of aromatic nitrogens is 2. The van der Waals surface area contributed by atoms with Gasteiger partial charge in [0.05, 0.1) is 24.1 Å². The molecule has 2 atom stereocenters. The Bertz CT molecular complexity index is 457. The van der Waals surface area contributed by atoms with Gasteiger partial charge in [-0.1, -0.05) is 24.6 Å². The van der Waals surface area contributed by atoms with Crippen LogP contribution >= 0.6 is 11.8 Å². The van der Waals surface area contributed by atoms with Gasteiger partial charge in [0, 0.05) is 18.0 Å². The van der Waals surface area contributed by atoms with Gasteiger partial charge in [-0.05, 0) is 25.7 Å². The van der Waals surface area contributed by atoms with E-state index in [0.29, 0.717) is 12.6 Å². The first-order chi connectivity index (χ1) is 9.31. The van der Waals surface area contributed by atoms with E-state index < -0.39 is 0 Å². The van der Waals surface area contributed by atoms with Crippen LogP contribution in [-0.2, 0) is 6.54 Å². The average molecular weight is 276 g/mol. The van der Waals surface area contributed by atoms with Gasteiger partial charge in [-0.3, -0.25) is 15.0 Å². The summed E-state index contributed by atoms with van der Waals surface area (Å²) in [7, 11) is 0. The Kier molecular flexibility index (Phi) is 4.01. The molecule has 1 aromatic rings. The van der Waals surface area contributed by atoms with E-state index in [2.05, 4.69) is 20.3 Å². The third-order valence-electron chi connectivity index (χ3n) is 3.87. The van der Waals surface area contributed by atoms with E-state index in [1.54, 1.807) is 6.20 Å². The van der Waals surface area contributed by atoms with Crippen molar-refractivity contribution in [2.24, 2.45) is 10.9 Å². The summed E-state index contributed by atoms with van der Waals surface area (Å²) in [5, 5.41) is 4.69. The van der Waals surface area contributed by atoms with Crippen molar-refractivity contribution in [2.75, 3.05) is 5.75 Å². The molecule has 1 N–H and O–H groups in total. The number of aryl methyl sites for hydroxylation is 1. The van der Waals surface area contributed by atoms with Crippen molar-refractivity contribution in [3.63, 3.8) is 0 Å². The van der Waals surface area contributed by atoms with Crippen molar-refractivity contribution in [3.05, 3.63) is 23.8 Å². The summed E-state index contributed by atoms with van der Waals surface area (Å²) in [6.45, 7) is 2.57. The predicted molar refractivity (Wildman–Crippen MR) is 79.2 cm³/mol. The molecule has 1 saturated carbocycles. The van der Waals surface area contributed by atoms with Crippen LogP contribution in [0.3, 0.4) is 0 Å². The molecule has 1 aromatic heterocycles. The zero-order chi connectivity index (χ0) is 13.1. The van der Waals surface area contributed by atoms with Gasteiger partial charge in [0.15, 0.2) is 5.17 Å². The molecule has 2 unspecified atom stereocenters. The van der Waals surface area contributed by atoms with Gasteiger partial charge >= 0.3 is 0 Å². The molecule has 0 aromatic carbocycles. The normalized spacial score (nSPS) is 28.8. The summed E-state index contributed by atoms with van der Waals surface area (Å²) in [6.07, 6.45) is 9.05. The topological polar surface area (TPSA) is 50.2 Å². The first kappa shape index (κ1) is 12.9. The third kappa shape index (κ3) is 3.26. The van der Waals surface area contributed by atoms with E-state index in [0.717, 1.165) is 22.5 Å². The number of thioether (sulfide) groups is 1. The van der Waals surface area contributed by atoms with Crippen molar-refractivity contribution in [1.29, 1.82) is 0 Å². The Morgan fingerprint density at radius 3 is 3.05 bits per heavy atom. The highest BCUT2D eigenvalue weighted by Crippen LogP contribution is 2.31. The van der Waals surface area contributed by atoms with Crippen LogP contribution in [0.1, 0.15) is 37.1 Å². The number of nitrogens with zero attached hydrogens (tertiary/aromatic N) is 3. The van der Waals surface area contributed by atoms with Crippen LogP contribution in [0.4, 0.5) is 0 Å².